The fraction of sp³-hybridized carbons (Fsp3) is 0.933. The number of aliphatic hydroxyl groups excluding tert-OH is 1. The molecule has 99 valence electrons. The molecular formula is C15H32NaO. The molecule has 0 amide bonds. The van der Waals surface area contributed by atoms with E-state index >= 15 is 0 Å². The Hall–Kier alpha value is 0.960. The van der Waals surface area contributed by atoms with E-state index in [1.165, 1.54) is 57.8 Å². The number of rotatable bonds is 12. The standard InChI is InChI=1S/C15H31O.Na.H/c1-3-4-5-6-7-8-9-10-12-15(2)13-11-14-16;;/h15-16H,2-14H2,1H3;;. The van der Waals surface area contributed by atoms with Gasteiger partial charge in [-0.15, -0.1) is 0 Å². The Balaban J connectivity index is 0. The molecule has 0 saturated carbocycles. The van der Waals surface area contributed by atoms with Gasteiger partial charge in [-0.2, -0.15) is 0 Å². The number of hydrogen-bond donors (Lipinski definition) is 1. The first-order valence-electron chi connectivity index (χ1n) is 7.25. The molecule has 0 rings (SSSR count). The summed E-state index contributed by atoms with van der Waals surface area (Å²) in [7, 11) is 0. The molecule has 0 bridgehead atoms. The molecular weight excluding hydrogens is 219 g/mol. The summed E-state index contributed by atoms with van der Waals surface area (Å²) in [6, 6.07) is 0. The van der Waals surface area contributed by atoms with Crippen LogP contribution in [0.2, 0.25) is 0 Å². The van der Waals surface area contributed by atoms with Crippen LogP contribution in [0.15, 0.2) is 0 Å². The fourth-order valence-corrected chi connectivity index (χ4v) is 2.09. The van der Waals surface area contributed by atoms with Gasteiger partial charge in [0.05, 0.1) is 0 Å². The van der Waals surface area contributed by atoms with Crippen LogP contribution < -0.4 is 0 Å². The Kier molecular flexibility index (Phi) is 20.2. The average molecular weight is 251 g/mol. The topological polar surface area (TPSA) is 20.2 Å². The molecule has 0 aromatic carbocycles. The molecule has 1 nitrogen and oxygen atoms in total. The van der Waals surface area contributed by atoms with Crippen molar-refractivity contribution >= 4 is 29.6 Å². The molecule has 0 aliphatic rings. The fourth-order valence-electron chi connectivity index (χ4n) is 2.09. The Morgan fingerprint density at radius 1 is 0.824 bits per heavy atom. The summed E-state index contributed by atoms with van der Waals surface area (Å²) in [5.41, 5.74) is 0. The van der Waals surface area contributed by atoms with Crippen LogP contribution in [-0.4, -0.2) is 41.3 Å². The number of aliphatic hydroxyl groups is 1. The molecule has 2 heteroatoms. The first-order chi connectivity index (χ1) is 7.81. The second-order valence-corrected chi connectivity index (χ2v) is 5.00. The first kappa shape index (κ1) is 20.3. The van der Waals surface area contributed by atoms with Crippen LogP contribution in [-0.2, 0) is 0 Å². The summed E-state index contributed by atoms with van der Waals surface area (Å²) < 4.78 is 0. The average Bonchev–Trinajstić information content (AvgIpc) is 2.30. The third-order valence-corrected chi connectivity index (χ3v) is 3.24. The van der Waals surface area contributed by atoms with Crippen LogP contribution in [0.25, 0.3) is 0 Å². The van der Waals surface area contributed by atoms with E-state index in [1.54, 1.807) is 0 Å². The molecule has 0 fully saturated rings. The van der Waals surface area contributed by atoms with Crippen LogP contribution >= 0.6 is 0 Å². The Labute approximate surface area is 131 Å². The van der Waals surface area contributed by atoms with E-state index in [-0.39, 0.29) is 29.6 Å². The zero-order chi connectivity index (χ0) is 12.1. The first-order valence-corrected chi connectivity index (χ1v) is 7.25. The van der Waals surface area contributed by atoms with Crippen LogP contribution in [0.5, 0.6) is 0 Å². The minimum absolute atomic E-state index is 0. The van der Waals surface area contributed by atoms with Crippen molar-refractivity contribution in [2.45, 2.75) is 77.6 Å². The summed E-state index contributed by atoms with van der Waals surface area (Å²) >= 11 is 0. The quantitative estimate of drug-likeness (QED) is 0.409. The van der Waals surface area contributed by atoms with E-state index in [2.05, 4.69) is 13.8 Å². The predicted molar refractivity (Wildman–Crippen MR) is 79.5 cm³/mol. The molecule has 0 heterocycles. The van der Waals surface area contributed by atoms with Crippen molar-refractivity contribution in [2.24, 2.45) is 5.92 Å². The zero-order valence-electron chi connectivity index (χ0n) is 11.2. The van der Waals surface area contributed by atoms with Gasteiger partial charge in [0.25, 0.3) is 0 Å². The van der Waals surface area contributed by atoms with Crippen LogP contribution in [0.4, 0.5) is 0 Å². The van der Waals surface area contributed by atoms with Gasteiger partial charge < -0.3 is 5.11 Å². The predicted octanol–water partition coefficient (Wildman–Crippen LogP) is 4.09. The SMILES string of the molecule is [CH2]C(CCCO)CCCCCCCCCC.[NaH]. The zero-order valence-corrected chi connectivity index (χ0v) is 11.2. The van der Waals surface area contributed by atoms with Gasteiger partial charge in [0, 0.05) is 6.61 Å². The van der Waals surface area contributed by atoms with Gasteiger partial charge >= 0.3 is 29.6 Å². The molecule has 0 aliphatic heterocycles. The van der Waals surface area contributed by atoms with E-state index in [0.29, 0.717) is 12.5 Å². The van der Waals surface area contributed by atoms with Gasteiger partial charge in [0.2, 0.25) is 0 Å². The molecule has 1 N–H and O–H groups in total. The van der Waals surface area contributed by atoms with Crippen molar-refractivity contribution in [3.63, 3.8) is 0 Å². The molecule has 17 heavy (non-hydrogen) atoms. The summed E-state index contributed by atoms with van der Waals surface area (Å²) in [6.07, 6.45) is 14.4. The van der Waals surface area contributed by atoms with Gasteiger partial charge in [0.15, 0.2) is 0 Å². The van der Waals surface area contributed by atoms with Gasteiger partial charge in [-0.1, -0.05) is 71.6 Å². The van der Waals surface area contributed by atoms with Gasteiger partial charge in [-0.3, -0.25) is 0 Å². The van der Waals surface area contributed by atoms with E-state index in [9.17, 15) is 0 Å². The van der Waals surface area contributed by atoms with E-state index in [0.717, 1.165) is 12.8 Å². The van der Waals surface area contributed by atoms with Crippen LogP contribution in [0.3, 0.4) is 0 Å². The maximum atomic E-state index is 8.70. The van der Waals surface area contributed by atoms with E-state index in [4.69, 9.17) is 5.11 Å². The molecule has 0 aliphatic carbocycles. The van der Waals surface area contributed by atoms with E-state index in [1.807, 2.05) is 0 Å². The van der Waals surface area contributed by atoms with Gasteiger partial charge in [-0.25, -0.2) is 0 Å². The Morgan fingerprint density at radius 2 is 1.29 bits per heavy atom. The second-order valence-electron chi connectivity index (χ2n) is 5.00. The number of unbranched alkanes of at least 4 members (excludes halogenated alkanes) is 7. The summed E-state index contributed by atoms with van der Waals surface area (Å²) in [5.74, 6) is 0.562. The van der Waals surface area contributed by atoms with Crippen molar-refractivity contribution in [3.8, 4) is 0 Å². The number of hydrogen-bond acceptors (Lipinski definition) is 1. The normalized spacial score (nSPS) is 12.2. The second kappa shape index (κ2) is 17.0. The third-order valence-electron chi connectivity index (χ3n) is 3.24. The van der Waals surface area contributed by atoms with Crippen molar-refractivity contribution < 1.29 is 5.11 Å². The van der Waals surface area contributed by atoms with Gasteiger partial charge in [-0.05, 0) is 18.8 Å². The third kappa shape index (κ3) is 17.0. The van der Waals surface area contributed by atoms with Crippen molar-refractivity contribution in [1.29, 1.82) is 0 Å². The van der Waals surface area contributed by atoms with Crippen molar-refractivity contribution in [3.05, 3.63) is 6.92 Å². The Morgan fingerprint density at radius 3 is 1.82 bits per heavy atom. The summed E-state index contributed by atoms with van der Waals surface area (Å²) in [6.45, 7) is 6.71. The molecule has 0 spiro atoms. The molecule has 1 unspecified atom stereocenters. The van der Waals surface area contributed by atoms with Crippen LogP contribution in [0.1, 0.15) is 77.6 Å². The van der Waals surface area contributed by atoms with Crippen molar-refractivity contribution in [1.82, 2.24) is 0 Å². The summed E-state index contributed by atoms with van der Waals surface area (Å²) in [4.78, 5) is 0. The monoisotopic (exact) mass is 251 g/mol. The van der Waals surface area contributed by atoms with Crippen molar-refractivity contribution in [2.75, 3.05) is 6.61 Å². The molecule has 0 aromatic rings. The van der Waals surface area contributed by atoms with Crippen LogP contribution in [0, 0.1) is 12.8 Å². The Bertz CT molecular complexity index is 128. The molecule has 0 saturated heterocycles. The summed E-state index contributed by atoms with van der Waals surface area (Å²) in [5, 5.41) is 8.70. The molecule has 1 radical (unpaired) electrons. The maximum absolute atomic E-state index is 8.70. The van der Waals surface area contributed by atoms with Gasteiger partial charge in [0.1, 0.15) is 0 Å². The molecule has 1 atom stereocenters. The van der Waals surface area contributed by atoms with E-state index < -0.39 is 0 Å². The minimum atomic E-state index is 0. The molecule has 0 aromatic heterocycles.